The first-order valence-corrected chi connectivity index (χ1v) is 10.3. The predicted octanol–water partition coefficient (Wildman–Crippen LogP) is 2.91. The Balaban J connectivity index is 1.60. The Bertz CT molecular complexity index is 1090. The number of nitrogens with one attached hydrogen (secondary N) is 1. The van der Waals surface area contributed by atoms with E-state index in [1.807, 2.05) is 17.0 Å². The van der Waals surface area contributed by atoms with E-state index < -0.39 is 27.5 Å². The van der Waals surface area contributed by atoms with Crippen molar-refractivity contribution in [2.24, 2.45) is 5.92 Å². The summed E-state index contributed by atoms with van der Waals surface area (Å²) in [5, 5.41) is 1.81. The second-order valence-electron chi connectivity index (χ2n) is 6.86. The number of sulfone groups is 1. The van der Waals surface area contributed by atoms with Crippen LogP contribution in [0.1, 0.15) is 6.42 Å². The summed E-state index contributed by atoms with van der Waals surface area (Å²) in [4.78, 5) is 13.7. The number of halogens is 3. The largest absolute Gasteiger partial charge is 0.402 e. The Morgan fingerprint density at radius 1 is 1.26 bits per heavy atom. The third kappa shape index (κ3) is 3.71. The van der Waals surface area contributed by atoms with Crippen molar-refractivity contribution in [2.45, 2.75) is 12.6 Å². The lowest BCUT2D eigenvalue weighted by Crippen LogP contribution is -2.29. The molecule has 4 heterocycles. The maximum atomic E-state index is 12.5. The number of H-pyrrole nitrogens is 1. The van der Waals surface area contributed by atoms with Crippen molar-refractivity contribution < 1.29 is 21.6 Å². The molecule has 1 N–H and O–H groups in total. The zero-order chi connectivity index (χ0) is 19.2. The molecule has 3 aromatic rings. The molecule has 0 amide bonds. The number of anilines is 1. The first kappa shape index (κ1) is 18.0. The molecule has 4 rings (SSSR count). The minimum atomic E-state index is -4.70. The van der Waals surface area contributed by atoms with Crippen molar-refractivity contribution in [3.8, 4) is 0 Å². The van der Waals surface area contributed by atoms with Crippen LogP contribution in [0.15, 0.2) is 30.7 Å². The second-order valence-corrected chi connectivity index (χ2v) is 8.97. The predicted molar refractivity (Wildman–Crippen MR) is 96.4 cm³/mol. The van der Waals surface area contributed by atoms with Crippen molar-refractivity contribution in [2.75, 3.05) is 29.5 Å². The van der Waals surface area contributed by atoms with Crippen LogP contribution in [0.3, 0.4) is 0 Å². The highest BCUT2D eigenvalue weighted by molar-refractivity contribution is 7.91. The molecule has 0 bridgehead atoms. The van der Waals surface area contributed by atoms with E-state index in [4.69, 9.17) is 0 Å². The summed E-state index contributed by atoms with van der Waals surface area (Å²) >= 11 is 0. The van der Waals surface area contributed by atoms with E-state index in [2.05, 4.69) is 15.0 Å². The van der Waals surface area contributed by atoms with Crippen LogP contribution in [0.25, 0.3) is 21.9 Å². The molecule has 1 atom stereocenters. The SMILES string of the molecule is O=S(=O)(CC1CCN(c2cc[nH]c3cnc4nccc4c23)C1)CC(F)(F)F. The van der Waals surface area contributed by atoms with Gasteiger partial charge < -0.3 is 9.88 Å². The molecule has 0 radical (unpaired) electrons. The molecule has 1 fully saturated rings. The van der Waals surface area contributed by atoms with Crippen LogP contribution < -0.4 is 4.90 Å². The molecule has 1 aliphatic rings. The van der Waals surface area contributed by atoms with Crippen LogP contribution in [-0.4, -0.2) is 54.1 Å². The van der Waals surface area contributed by atoms with Gasteiger partial charge in [-0.1, -0.05) is 0 Å². The van der Waals surface area contributed by atoms with Gasteiger partial charge in [-0.2, -0.15) is 13.2 Å². The molecule has 1 aliphatic heterocycles. The van der Waals surface area contributed by atoms with E-state index in [-0.39, 0.29) is 5.92 Å². The van der Waals surface area contributed by atoms with Gasteiger partial charge in [-0.3, -0.25) is 0 Å². The number of rotatable bonds is 4. The molecule has 144 valence electrons. The normalized spacial score (nSPS) is 18.6. The molecule has 0 spiro atoms. The van der Waals surface area contributed by atoms with E-state index >= 15 is 0 Å². The van der Waals surface area contributed by atoms with E-state index in [9.17, 15) is 21.6 Å². The summed E-state index contributed by atoms with van der Waals surface area (Å²) in [5.74, 6) is -2.54. The molecule has 0 saturated carbocycles. The van der Waals surface area contributed by atoms with Gasteiger partial charge in [0, 0.05) is 41.9 Å². The van der Waals surface area contributed by atoms with Crippen LogP contribution in [-0.2, 0) is 9.84 Å². The first-order valence-electron chi connectivity index (χ1n) is 8.45. The third-order valence-electron chi connectivity index (χ3n) is 4.77. The fourth-order valence-corrected chi connectivity index (χ4v) is 5.36. The molecule has 10 heteroatoms. The van der Waals surface area contributed by atoms with Gasteiger partial charge in [0.2, 0.25) is 0 Å². The third-order valence-corrected chi connectivity index (χ3v) is 6.52. The summed E-state index contributed by atoms with van der Waals surface area (Å²) in [6.07, 6.45) is 0.964. The van der Waals surface area contributed by atoms with E-state index in [0.29, 0.717) is 25.2 Å². The standard InChI is InChI=1S/C17H17F3N4O2S/c18-17(19,20)10-27(25,26)9-11-3-6-24(8-11)14-2-5-21-13-7-23-16-12(15(13)14)1-4-22-16/h1-2,4-5,7,11,21H,3,6,8-10H2. The number of aromatic amines is 1. The van der Waals surface area contributed by atoms with Gasteiger partial charge in [0.1, 0.15) is 5.75 Å². The first-order chi connectivity index (χ1) is 12.7. The van der Waals surface area contributed by atoms with Crippen LogP contribution in [0.2, 0.25) is 0 Å². The topological polar surface area (TPSA) is 79.0 Å². The number of hydrogen-bond donors (Lipinski definition) is 1. The van der Waals surface area contributed by atoms with E-state index in [0.717, 1.165) is 22.0 Å². The number of fused-ring (bicyclic) bond motifs is 3. The highest BCUT2D eigenvalue weighted by Crippen LogP contribution is 2.34. The van der Waals surface area contributed by atoms with E-state index in [1.165, 1.54) is 0 Å². The molecule has 27 heavy (non-hydrogen) atoms. The van der Waals surface area contributed by atoms with Crippen LogP contribution >= 0.6 is 0 Å². The molecule has 1 unspecified atom stereocenters. The molecule has 6 nitrogen and oxygen atoms in total. The number of aromatic nitrogens is 3. The summed E-state index contributed by atoms with van der Waals surface area (Å²) in [6, 6.07) is 3.75. The Kier molecular flexibility index (Phi) is 4.25. The molecule has 0 aliphatic carbocycles. The quantitative estimate of drug-likeness (QED) is 0.731. The Hall–Kier alpha value is -2.36. The second kappa shape index (κ2) is 6.36. The summed E-state index contributed by atoms with van der Waals surface area (Å²) in [5.41, 5.74) is 2.34. The number of alkyl halides is 3. The fourth-order valence-electron chi connectivity index (χ4n) is 3.76. The lowest BCUT2D eigenvalue weighted by Gasteiger charge is -2.21. The minimum Gasteiger partial charge on any atom is -0.371 e. The van der Waals surface area contributed by atoms with Crippen molar-refractivity contribution in [3.05, 3.63) is 30.7 Å². The van der Waals surface area contributed by atoms with Gasteiger partial charge in [-0.05, 0) is 24.5 Å². The summed E-state index contributed by atoms with van der Waals surface area (Å²) in [6.45, 7) is 0.984. The average Bonchev–Trinajstić information content (AvgIpc) is 3.20. The minimum absolute atomic E-state index is 0.327. The fraction of sp³-hybridized carbons (Fsp3) is 0.412. The smallest absolute Gasteiger partial charge is 0.371 e. The van der Waals surface area contributed by atoms with Crippen molar-refractivity contribution in [3.63, 3.8) is 0 Å². The Morgan fingerprint density at radius 2 is 2.07 bits per heavy atom. The van der Waals surface area contributed by atoms with Gasteiger partial charge in [0.05, 0.1) is 17.5 Å². The molecular weight excluding hydrogens is 381 g/mol. The van der Waals surface area contributed by atoms with Gasteiger partial charge in [-0.25, -0.2) is 18.4 Å². The summed E-state index contributed by atoms with van der Waals surface area (Å²) in [7, 11) is -4.17. The molecule has 3 aromatic heterocycles. The lowest BCUT2D eigenvalue weighted by molar-refractivity contribution is -0.106. The number of nitrogens with zero attached hydrogens (tertiary/aromatic N) is 3. The Morgan fingerprint density at radius 3 is 2.85 bits per heavy atom. The van der Waals surface area contributed by atoms with Crippen molar-refractivity contribution in [1.29, 1.82) is 0 Å². The van der Waals surface area contributed by atoms with Gasteiger partial charge in [0.15, 0.2) is 15.5 Å². The Labute approximate surface area is 153 Å². The average molecular weight is 398 g/mol. The van der Waals surface area contributed by atoms with Crippen molar-refractivity contribution in [1.82, 2.24) is 15.0 Å². The van der Waals surface area contributed by atoms with E-state index in [1.54, 1.807) is 18.6 Å². The van der Waals surface area contributed by atoms with Crippen LogP contribution in [0, 0.1) is 5.92 Å². The number of pyridine rings is 2. The molecule has 1 saturated heterocycles. The van der Waals surface area contributed by atoms with Crippen LogP contribution in [0.4, 0.5) is 18.9 Å². The highest BCUT2D eigenvalue weighted by atomic mass is 32.2. The molecule has 0 aromatic carbocycles. The van der Waals surface area contributed by atoms with Crippen molar-refractivity contribution >= 4 is 37.5 Å². The van der Waals surface area contributed by atoms with Gasteiger partial charge >= 0.3 is 6.18 Å². The van der Waals surface area contributed by atoms with Crippen LogP contribution in [0.5, 0.6) is 0 Å². The zero-order valence-corrected chi connectivity index (χ0v) is 15.0. The van der Waals surface area contributed by atoms with Gasteiger partial charge in [-0.15, -0.1) is 0 Å². The van der Waals surface area contributed by atoms with Gasteiger partial charge in [0.25, 0.3) is 0 Å². The number of hydrogen-bond acceptors (Lipinski definition) is 5. The summed E-state index contributed by atoms with van der Waals surface area (Å²) < 4.78 is 61.0. The maximum Gasteiger partial charge on any atom is 0.402 e. The highest BCUT2D eigenvalue weighted by Gasteiger charge is 2.37. The zero-order valence-electron chi connectivity index (χ0n) is 14.2. The maximum absolute atomic E-state index is 12.5. The lowest BCUT2D eigenvalue weighted by atomic mass is 10.1. The monoisotopic (exact) mass is 398 g/mol. The molecular formula is C17H17F3N4O2S.